The van der Waals surface area contributed by atoms with Crippen molar-refractivity contribution >= 4 is 71.3 Å². The number of carboxylic acids is 6. The third kappa shape index (κ3) is 27.0. The normalized spacial score (nSPS) is 16.9. The van der Waals surface area contributed by atoms with Crippen molar-refractivity contribution in [2.45, 2.75) is 115 Å². The number of carbonyl (C=O) groups is 8. The number of piperidine rings is 1. The molecule has 2 saturated heterocycles. The molecule has 3 heterocycles. The molecule has 0 radical (unpaired) electrons. The molecule has 2 fully saturated rings. The second-order valence-electron chi connectivity index (χ2n) is 20.2. The number of rotatable bonds is 34. The fourth-order valence-corrected chi connectivity index (χ4v) is 9.64. The summed E-state index contributed by atoms with van der Waals surface area (Å²) in [6.07, 6.45) is 9.56. The van der Waals surface area contributed by atoms with E-state index in [9.17, 15) is 63.9 Å². The molecule has 2 aliphatic rings. The number of nitrogens with one attached hydrogen (secondary N) is 5. The summed E-state index contributed by atoms with van der Waals surface area (Å²) in [5.74, 6) is -4.79. The Hall–Kier alpha value is -6.97. The van der Waals surface area contributed by atoms with Crippen molar-refractivity contribution in [3.05, 3.63) is 29.8 Å². The van der Waals surface area contributed by atoms with Gasteiger partial charge in [0.15, 0.2) is 0 Å². The summed E-state index contributed by atoms with van der Waals surface area (Å²) in [6, 6.07) is 5.33. The van der Waals surface area contributed by atoms with Crippen molar-refractivity contribution in [2.24, 2.45) is 5.92 Å². The highest BCUT2D eigenvalue weighted by Crippen LogP contribution is 2.27. The Morgan fingerprint density at radius 1 is 0.595 bits per heavy atom. The van der Waals surface area contributed by atoms with Gasteiger partial charge in [-0.25, -0.2) is 9.59 Å². The van der Waals surface area contributed by atoms with Gasteiger partial charge in [-0.2, -0.15) is 15.0 Å². The number of benzene rings is 1. The lowest BCUT2D eigenvalue weighted by atomic mass is 9.92. The molecule has 1 aromatic carbocycles. The van der Waals surface area contributed by atoms with Gasteiger partial charge in [-0.3, -0.25) is 48.4 Å². The van der Waals surface area contributed by atoms with E-state index in [0.29, 0.717) is 94.3 Å². The van der Waals surface area contributed by atoms with Crippen molar-refractivity contribution < 1.29 is 69.0 Å². The van der Waals surface area contributed by atoms with Crippen molar-refractivity contribution in [3.8, 4) is 0 Å². The molecule has 3 amide bonds. The molecule has 27 nitrogen and oxygen atoms in total. The number of aromatic nitrogens is 3. The number of carboxylic acid groups (broad SMARTS) is 6. The Morgan fingerprint density at radius 2 is 1.18 bits per heavy atom. The van der Waals surface area contributed by atoms with Crippen LogP contribution in [0.25, 0.3) is 0 Å². The van der Waals surface area contributed by atoms with Gasteiger partial charge in [-0.05, 0) is 94.7 Å². The van der Waals surface area contributed by atoms with E-state index in [2.05, 4.69) is 31.5 Å². The van der Waals surface area contributed by atoms with Crippen LogP contribution in [0.3, 0.4) is 0 Å². The zero-order valence-electron chi connectivity index (χ0n) is 45.5. The number of unbranched alkanes of at least 4 members (excludes halogenated alkanes) is 5. The first-order valence-electron chi connectivity index (χ1n) is 27.5. The summed E-state index contributed by atoms with van der Waals surface area (Å²) in [4.78, 5) is 118. The number of hydrogen-bond acceptors (Lipinski definition) is 18. The van der Waals surface area contributed by atoms with E-state index in [1.807, 2.05) is 24.3 Å². The van der Waals surface area contributed by atoms with Gasteiger partial charge in [0.1, 0.15) is 6.04 Å². The molecule has 0 bridgehead atoms. The van der Waals surface area contributed by atoms with Crippen LogP contribution in [0.4, 0.5) is 28.3 Å². The highest BCUT2D eigenvalue weighted by Gasteiger charge is 2.28. The molecular weight excluding hydrogens is 1030 g/mol. The Kier molecular flexibility index (Phi) is 29.0. The minimum atomic E-state index is -1.11. The highest BCUT2D eigenvalue weighted by molar-refractivity contribution is 5.82. The van der Waals surface area contributed by atoms with Crippen LogP contribution in [0.5, 0.6) is 0 Å². The topological polar surface area (TPSA) is 373 Å². The smallest absolute Gasteiger partial charge is 0.326 e. The number of amides is 3. The van der Waals surface area contributed by atoms with Crippen molar-refractivity contribution in [2.75, 3.05) is 120 Å². The molecule has 4 rings (SSSR count). The van der Waals surface area contributed by atoms with Gasteiger partial charge < -0.3 is 62.1 Å². The maximum Gasteiger partial charge on any atom is 0.326 e. The van der Waals surface area contributed by atoms with Crippen molar-refractivity contribution in [3.63, 3.8) is 0 Å². The van der Waals surface area contributed by atoms with Crippen LogP contribution in [0.2, 0.25) is 0 Å². The van der Waals surface area contributed by atoms with Gasteiger partial charge in [0.05, 0.1) is 26.2 Å². The molecule has 11 N–H and O–H groups in total. The monoisotopic (exact) mass is 1110 g/mol. The van der Waals surface area contributed by atoms with Gasteiger partial charge in [-0.15, -0.1) is 0 Å². The lowest BCUT2D eigenvalue weighted by Crippen LogP contribution is -2.53. The average molecular weight is 1110 g/mol. The molecule has 2 aliphatic heterocycles. The van der Waals surface area contributed by atoms with Crippen LogP contribution in [0.15, 0.2) is 24.3 Å². The number of urea groups is 1. The summed E-state index contributed by atoms with van der Waals surface area (Å²) in [5.41, 5.74) is 1.45. The fraction of sp³-hybridized carbons (Fsp3) is 0.673. The summed E-state index contributed by atoms with van der Waals surface area (Å²) in [5, 5.41) is 72.1. The second-order valence-corrected chi connectivity index (χ2v) is 20.2. The highest BCUT2D eigenvalue weighted by atomic mass is 16.4. The maximum atomic E-state index is 12.4. The van der Waals surface area contributed by atoms with E-state index in [-0.39, 0.29) is 90.7 Å². The molecule has 27 heteroatoms. The molecule has 1 aromatic heterocycles. The minimum Gasteiger partial charge on any atom is -0.481 e. The number of nitrogens with zero attached hydrogens (tertiary/aromatic N) is 8. The van der Waals surface area contributed by atoms with Crippen LogP contribution < -0.4 is 31.5 Å². The molecule has 2 unspecified atom stereocenters. The summed E-state index contributed by atoms with van der Waals surface area (Å²) >= 11 is 0. The zero-order valence-corrected chi connectivity index (χ0v) is 45.5. The third-order valence-corrected chi connectivity index (χ3v) is 13.8. The maximum absolute atomic E-state index is 12.4. The van der Waals surface area contributed by atoms with Crippen molar-refractivity contribution in [1.29, 1.82) is 0 Å². The number of carbonyl (C=O) groups excluding carboxylic acids is 2. The predicted molar refractivity (Wildman–Crippen MR) is 292 cm³/mol. The van der Waals surface area contributed by atoms with Crippen LogP contribution in [-0.4, -0.2) is 230 Å². The molecule has 0 aliphatic carbocycles. The van der Waals surface area contributed by atoms with E-state index < -0.39 is 53.9 Å². The first-order chi connectivity index (χ1) is 37.8. The van der Waals surface area contributed by atoms with E-state index in [1.54, 1.807) is 26.5 Å². The Balaban J connectivity index is 1.39. The van der Waals surface area contributed by atoms with E-state index >= 15 is 0 Å². The molecular formula is C52H83N13O14. The van der Waals surface area contributed by atoms with E-state index in [0.717, 1.165) is 56.9 Å². The van der Waals surface area contributed by atoms with Gasteiger partial charge in [0.2, 0.25) is 23.8 Å². The first-order valence-corrected chi connectivity index (χ1v) is 27.5. The minimum absolute atomic E-state index is 0.0639. The predicted octanol–water partition coefficient (Wildman–Crippen LogP) is 2.37. The summed E-state index contributed by atoms with van der Waals surface area (Å²) in [7, 11) is 0. The van der Waals surface area contributed by atoms with Crippen LogP contribution >= 0.6 is 0 Å². The van der Waals surface area contributed by atoms with Crippen LogP contribution in [-0.2, 0) is 40.0 Å². The molecule has 0 saturated carbocycles. The molecule has 79 heavy (non-hydrogen) atoms. The third-order valence-electron chi connectivity index (χ3n) is 13.8. The Labute approximate surface area is 460 Å². The standard InChI is InChI=1S/C52H83N13O14/c1-2-53-52(79)57-41(48(77)78)12-7-9-21-54-42(66)13-6-4-3-5-8-22-55-49-58-50(60-51(59-49)64-23-19-37(20-24-64)11-10-14-43(67)68)56-39-17-15-38(16-18-39)31-40-32-63(35-46(73)74)28-27-61(33-44(69)70)25-26-62(34-45(71)72)29-30-65(40)36-47(75)76/h15-18,37,40-41H,2-14,19-36H2,1H3,(H,54,66)(H,67,68)(H,69,70)(H,71,72)(H,73,74)(H,75,76)(H,77,78)(H2,53,57,79)(H2,55,56,58,59,60). The molecule has 2 atom stereocenters. The van der Waals surface area contributed by atoms with Gasteiger partial charge >= 0.3 is 41.8 Å². The zero-order chi connectivity index (χ0) is 57.5. The second kappa shape index (κ2) is 35.5. The molecule has 440 valence electrons. The SMILES string of the molecule is CCNC(=O)NC(CCCCNC(=O)CCCCCCCNc1nc(Nc2ccc(CC3CN(CC(=O)O)CCN(CC(=O)O)CCN(CC(=O)O)CCN3CC(=O)O)cc2)nc(N2CCC(CCCC(=O)O)CC2)n1)C(=O)O. The number of anilines is 4. The summed E-state index contributed by atoms with van der Waals surface area (Å²) < 4.78 is 0. The van der Waals surface area contributed by atoms with E-state index in [4.69, 9.17) is 20.1 Å². The van der Waals surface area contributed by atoms with Crippen molar-refractivity contribution in [1.82, 2.24) is 50.5 Å². The first kappa shape index (κ1) is 64.6. The Bertz CT molecular complexity index is 2260. The lowest BCUT2D eigenvalue weighted by Gasteiger charge is -2.37. The number of hydrogen-bond donors (Lipinski definition) is 11. The molecule has 2 aromatic rings. The Morgan fingerprint density at radius 3 is 1.80 bits per heavy atom. The van der Waals surface area contributed by atoms with Crippen LogP contribution in [0, 0.1) is 5.92 Å². The van der Waals surface area contributed by atoms with Gasteiger partial charge in [0.25, 0.3) is 0 Å². The van der Waals surface area contributed by atoms with Gasteiger partial charge in [0, 0.05) is 103 Å². The lowest BCUT2D eigenvalue weighted by molar-refractivity contribution is -0.142. The largest absolute Gasteiger partial charge is 0.481 e. The number of aliphatic carboxylic acids is 6. The average Bonchev–Trinajstić information content (AvgIpc) is 3.38. The fourth-order valence-electron chi connectivity index (χ4n) is 9.64. The molecule has 0 spiro atoms. The van der Waals surface area contributed by atoms with Crippen LogP contribution in [0.1, 0.15) is 102 Å². The summed E-state index contributed by atoms with van der Waals surface area (Å²) in [6.45, 7) is 4.30. The van der Waals surface area contributed by atoms with Gasteiger partial charge in [-0.1, -0.05) is 31.4 Å². The van der Waals surface area contributed by atoms with E-state index in [1.165, 1.54) is 0 Å². The quantitative estimate of drug-likeness (QED) is 0.0448.